The monoisotopic (exact) mass is 422 g/mol. The van der Waals surface area contributed by atoms with Gasteiger partial charge in [-0.25, -0.2) is 4.79 Å². The molecule has 3 aromatic rings. The Kier molecular flexibility index (Phi) is 6.74. The summed E-state index contributed by atoms with van der Waals surface area (Å²) < 4.78 is 11.2. The van der Waals surface area contributed by atoms with Crippen molar-refractivity contribution in [3.63, 3.8) is 0 Å². The molecule has 7 heteroatoms. The Balaban J connectivity index is 1.83. The SMILES string of the molecule is CCCc1cc(=O)oc2c(C)c(O[C@H](C)C(=O)N[C@H](C(=O)[O-])c3ccccc3)ccc12. The molecule has 0 aliphatic heterocycles. The van der Waals surface area contributed by atoms with E-state index in [-0.39, 0.29) is 0 Å². The third kappa shape index (κ3) is 4.94. The number of rotatable bonds is 8. The van der Waals surface area contributed by atoms with Crippen molar-refractivity contribution in [2.75, 3.05) is 0 Å². The molecule has 162 valence electrons. The van der Waals surface area contributed by atoms with Crippen LogP contribution in [0, 0.1) is 6.92 Å². The van der Waals surface area contributed by atoms with Crippen LogP contribution >= 0.6 is 0 Å². The Bertz CT molecular complexity index is 1150. The van der Waals surface area contributed by atoms with E-state index in [1.165, 1.54) is 13.0 Å². The van der Waals surface area contributed by atoms with Gasteiger partial charge in [0.15, 0.2) is 6.10 Å². The van der Waals surface area contributed by atoms with E-state index in [2.05, 4.69) is 5.32 Å². The molecule has 7 nitrogen and oxygen atoms in total. The number of benzene rings is 2. The molecule has 1 heterocycles. The van der Waals surface area contributed by atoms with E-state index in [1.807, 2.05) is 6.92 Å². The Morgan fingerprint density at radius 3 is 2.52 bits per heavy atom. The maximum Gasteiger partial charge on any atom is 0.336 e. The van der Waals surface area contributed by atoms with E-state index in [0.717, 1.165) is 23.8 Å². The minimum Gasteiger partial charge on any atom is -0.548 e. The summed E-state index contributed by atoms with van der Waals surface area (Å²) >= 11 is 0. The van der Waals surface area contributed by atoms with Crippen molar-refractivity contribution in [2.24, 2.45) is 0 Å². The van der Waals surface area contributed by atoms with Crippen molar-refractivity contribution >= 4 is 22.8 Å². The van der Waals surface area contributed by atoms with Crippen LogP contribution in [0.5, 0.6) is 5.75 Å². The fraction of sp³-hybridized carbons (Fsp3) is 0.292. The zero-order valence-electron chi connectivity index (χ0n) is 17.6. The van der Waals surface area contributed by atoms with Gasteiger partial charge in [-0.3, -0.25) is 4.79 Å². The molecule has 1 N–H and O–H groups in total. The van der Waals surface area contributed by atoms with Crippen LogP contribution < -0.4 is 20.8 Å². The van der Waals surface area contributed by atoms with Crippen molar-refractivity contribution in [3.8, 4) is 5.75 Å². The second-order valence-electron chi connectivity index (χ2n) is 7.34. The van der Waals surface area contributed by atoms with Gasteiger partial charge in [-0.1, -0.05) is 43.7 Å². The number of carboxylic acids is 1. The number of ether oxygens (including phenoxy) is 1. The summed E-state index contributed by atoms with van der Waals surface area (Å²) in [5.74, 6) is -1.66. The predicted molar refractivity (Wildman–Crippen MR) is 114 cm³/mol. The van der Waals surface area contributed by atoms with Crippen LogP contribution in [0.3, 0.4) is 0 Å². The van der Waals surface area contributed by atoms with E-state index in [0.29, 0.717) is 22.5 Å². The standard InChI is InChI=1S/C24H25NO6/c1-4-8-17-13-20(26)31-22-14(2)19(12-11-18(17)22)30-15(3)23(27)25-21(24(28)29)16-9-6-5-7-10-16/h5-7,9-13,15,21H,4,8H2,1-3H3,(H,25,27)(H,28,29)/p-1/t15-,21+/m1/s1. The molecule has 0 spiro atoms. The van der Waals surface area contributed by atoms with E-state index in [4.69, 9.17) is 9.15 Å². The van der Waals surface area contributed by atoms with Crippen molar-refractivity contribution in [1.29, 1.82) is 0 Å². The van der Waals surface area contributed by atoms with Crippen molar-refractivity contribution in [2.45, 2.75) is 45.8 Å². The lowest BCUT2D eigenvalue weighted by atomic mass is 10.0. The first-order valence-corrected chi connectivity index (χ1v) is 10.1. The van der Waals surface area contributed by atoms with Crippen molar-refractivity contribution < 1.29 is 23.8 Å². The average molecular weight is 422 g/mol. The fourth-order valence-electron chi connectivity index (χ4n) is 3.44. The fourth-order valence-corrected chi connectivity index (χ4v) is 3.44. The Morgan fingerprint density at radius 2 is 1.87 bits per heavy atom. The topological polar surface area (TPSA) is 109 Å². The van der Waals surface area contributed by atoms with Gasteiger partial charge in [0, 0.05) is 17.0 Å². The minimum absolute atomic E-state index is 0.372. The minimum atomic E-state index is -1.42. The molecule has 0 fully saturated rings. The lowest BCUT2D eigenvalue weighted by Gasteiger charge is -2.23. The van der Waals surface area contributed by atoms with Gasteiger partial charge in [0.05, 0.1) is 12.0 Å². The van der Waals surface area contributed by atoms with Gasteiger partial charge in [-0.15, -0.1) is 0 Å². The lowest BCUT2D eigenvalue weighted by molar-refractivity contribution is -0.308. The van der Waals surface area contributed by atoms with Gasteiger partial charge in [-0.2, -0.15) is 0 Å². The number of aryl methyl sites for hydroxylation is 2. The van der Waals surface area contributed by atoms with Crippen LogP contribution in [0.15, 0.2) is 57.7 Å². The highest BCUT2D eigenvalue weighted by atomic mass is 16.5. The highest BCUT2D eigenvalue weighted by Gasteiger charge is 2.22. The van der Waals surface area contributed by atoms with Crippen molar-refractivity contribution in [3.05, 3.63) is 75.6 Å². The van der Waals surface area contributed by atoms with E-state index < -0.39 is 29.6 Å². The van der Waals surface area contributed by atoms with Gasteiger partial charge >= 0.3 is 5.63 Å². The third-order valence-electron chi connectivity index (χ3n) is 5.04. The first-order valence-electron chi connectivity index (χ1n) is 10.1. The van der Waals surface area contributed by atoms with E-state index in [1.54, 1.807) is 49.4 Å². The number of amides is 1. The molecule has 0 saturated heterocycles. The average Bonchev–Trinajstić information content (AvgIpc) is 2.74. The maximum atomic E-state index is 12.6. The van der Waals surface area contributed by atoms with Gasteiger partial charge in [-0.05, 0) is 43.5 Å². The van der Waals surface area contributed by atoms with Gasteiger partial charge in [0.25, 0.3) is 5.91 Å². The molecule has 0 unspecified atom stereocenters. The van der Waals surface area contributed by atoms with Crippen LogP contribution in [-0.2, 0) is 16.0 Å². The second-order valence-corrected chi connectivity index (χ2v) is 7.34. The zero-order valence-corrected chi connectivity index (χ0v) is 17.6. The number of hydrogen-bond acceptors (Lipinski definition) is 6. The molecule has 2 aromatic carbocycles. The molecule has 3 rings (SSSR count). The van der Waals surface area contributed by atoms with Crippen LogP contribution in [-0.4, -0.2) is 18.0 Å². The number of carbonyl (C=O) groups excluding carboxylic acids is 2. The van der Waals surface area contributed by atoms with E-state index >= 15 is 0 Å². The number of carbonyl (C=O) groups is 2. The van der Waals surface area contributed by atoms with Crippen LogP contribution in [0.25, 0.3) is 11.0 Å². The largest absolute Gasteiger partial charge is 0.548 e. The summed E-state index contributed by atoms with van der Waals surface area (Å²) in [6.07, 6.45) is 0.630. The summed E-state index contributed by atoms with van der Waals surface area (Å²) in [6, 6.07) is 12.0. The van der Waals surface area contributed by atoms with Crippen molar-refractivity contribution in [1.82, 2.24) is 5.32 Å². The summed E-state index contributed by atoms with van der Waals surface area (Å²) in [5.41, 5.74) is 1.86. The molecule has 31 heavy (non-hydrogen) atoms. The zero-order chi connectivity index (χ0) is 22.5. The van der Waals surface area contributed by atoms with Crippen LogP contribution in [0.4, 0.5) is 0 Å². The third-order valence-corrected chi connectivity index (χ3v) is 5.04. The number of carboxylic acid groups (broad SMARTS) is 1. The number of hydrogen-bond donors (Lipinski definition) is 1. The summed E-state index contributed by atoms with van der Waals surface area (Å²) in [6.45, 7) is 5.29. The predicted octanol–water partition coefficient (Wildman–Crippen LogP) is 2.43. The number of aliphatic carboxylic acids is 1. The second kappa shape index (κ2) is 9.47. The van der Waals surface area contributed by atoms with Crippen LogP contribution in [0.1, 0.15) is 43.0 Å². The molecule has 2 atom stereocenters. The first kappa shape index (κ1) is 22.1. The molecule has 0 bridgehead atoms. The molecule has 0 aliphatic carbocycles. The molecule has 1 aromatic heterocycles. The highest BCUT2D eigenvalue weighted by Crippen LogP contribution is 2.29. The molecule has 0 saturated carbocycles. The number of nitrogens with one attached hydrogen (secondary N) is 1. The highest BCUT2D eigenvalue weighted by molar-refractivity contribution is 5.87. The quantitative estimate of drug-likeness (QED) is 0.559. The van der Waals surface area contributed by atoms with Gasteiger partial charge < -0.3 is 24.4 Å². The van der Waals surface area contributed by atoms with E-state index in [9.17, 15) is 19.5 Å². The first-order chi connectivity index (χ1) is 14.8. The molecular formula is C24H24NO6-. The molecular weight excluding hydrogens is 398 g/mol. The van der Waals surface area contributed by atoms with Crippen LogP contribution in [0.2, 0.25) is 0 Å². The number of fused-ring (bicyclic) bond motifs is 1. The molecule has 1 amide bonds. The Morgan fingerprint density at radius 1 is 1.16 bits per heavy atom. The lowest BCUT2D eigenvalue weighted by Crippen LogP contribution is -2.45. The van der Waals surface area contributed by atoms with Gasteiger partial charge in [0.1, 0.15) is 11.3 Å². The smallest absolute Gasteiger partial charge is 0.336 e. The Hall–Kier alpha value is -3.61. The summed E-state index contributed by atoms with van der Waals surface area (Å²) in [4.78, 5) is 36.1. The molecule has 0 aliphatic rings. The van der Waals surface area contributed by atoms with Gasteiger partial charge in [0.2, 0.25) is 0 Å². The maximum absolute atomic E-state index is 12.6. The summed E-state index contributed by atoms with van der Waals surface area (Å²) in [5, 5.41) is 14.8. The summed E-state index contributed by atoms with van der Waals surface area (Å²) in [7, 11) is 0. The Labute approximate surface area is 179 Å². The normalized spacial score (nSPS) is 12.9. The molecule has 0 radical (unpaired) electrons.